The van der Waals surface area contributed by atoms with Crippen LogP contribution in [0.5, 0.6) is 0 Å². The van der Waals surface area contributed by atoms with Gasteiger partial charge in [-0.1, -0.05) is 0 Å². The largest absolute Gasteiger partial charge is 0.356 e. The molecular formula is C6H10NOPt. The molecule has 0 radical (unpaired) electrons. The molecule has 0 aromatic heterocycles. The maximum atomic E-state index is 10.1. The molecule has 1 fully saturated rings. The zero-order valence-electron chi connectivity index (χ0n) is 5.13. The van der Waals surface area contributed by atoms with Crippen LogP contribution in [0.4, 0.5) is 0 Å². The second-order valence-corrected chi connectivity index (χ2v) is 2.51. The molecule has 2 nitrogen and oxygen atoms in total. The predicted octanol–water partition coefficient (Wildman–Crippen LogP) is 0.573. The fourth-order valence-electron chi connectivity index (χ4n) is 0.565. The van der Waals surface area contributed by atoms with Crippen LogP contribution in [0.25, 0.3) is 0 Å². The van der Waals surface area contributed by atoms with Crippen molar-refractivity contribution in [3.05, 3.63) is 11.0 Å². The van der Waals surface area contributed by atoms with Crippen molar-refractivity contribution < 1.29 is 24.6 Å². The van der Waals surface area contributed by atoms with E-state index in [0.29, 0.717) is 0 Å². The van der Waals surface area contributed by atoms with Crippen LogP contribution in [0.1, 0.15) is 12.8 Å². The number of nitrogens with one attached hydrogen (secondary N) is 1. The van der Waals surface area contributed by atoms with Crippen LogP contribution in [0.3, 0.4) is 0 Å². The van der Waals surface area contributed by atoms with Gasteiger partial charge in [0.1, 0.15) is 0 Å². The summed E-state index contributed by atoms with van der Waals surface area (Å²) in [6.45, 7) is 4.24. The molecule has 0 aliphatic carbocycles. The second-order valence-electron chi connectivity index (χ2n) is 1.58. The fourth-order valence-corrected chi connectivity index (χ4v) is 0.565. The molecule has 1 saturated heterocycles. The Bertz CT molecular complexity index is 95.2. The summed E-state index contributed by atoms with van der Waals surface area (Å²) in [4.78, 5) is 10.1. The third-order valence-corrected chi connectivity index (χ3v) is 0.903. The minimum atomic E-state index is 0.204. The Balaban J connectivity index is 0.000000187. The van der Waals surface area contributed by atoms with Crippen molar-refractivity contribution in [2.24, 2.45) is 0 Å². The minimum absolute atomic E-state index is 0.204. The monoisotopic (exact) mass is 307 g/mol. The van der Waals surface area contributed by atoms with Crippen molar-refractivity contribution in [1.82, 2.24) is 5.32 Å². The first-order valence-corrected chi connectivity index (χ1v) is 4.06. The number of carbonyl (C=O) groups excluding carboxylic acids is 1. The van der Waals surface area contributed by atoms with Crippen molar-refractivity contribution in [3.8, 4) is 0 Å². The van der Waals surface area contributed by atoms with Gasteiger partial charge in [-0.05, 0) is 6.42 Å². The summed E-state index contributed by atoms with van der Waals surface area (Å²) < 4.78 is 1.72. The first kappa shape index (κ1) is 8.90. The molecule has 1 amide bonds. The zero-order valence-corrected chi connectivity index (χ0v) is 7.40. The molecule has 0 aromatic carbocycles. The maximum Gasteiger partial charge on any atom is 0.220 e. The average molecular weight is 307 g/mol. The molecule has 1 N–H and O–H groups in total. The van der Waals surface area contributed by atoms with Crippen molar-refractivity contribution in [3.63, 3.8) is 0 Å². The Hall–Kier alpha value is -0.102. The molecule has 0 unspecified atom stereocenters. The first-order chi connectivity index (χ1) is 4.31. The quantitative estimate of drug-likeness (QED) is 0.697. The van der Waals surface area contributed by atoms with Crippen molar-refractivity contribution >= 4 is 5.91 Å². The van der Waals surface area contributed by atoms with Gasteiger partial charge in [0.15, 0.2) is 0 Å². The van der Waals surface area contributed by atoms with Gasteiger partial charge in [-0.25, -0.2) is 0 Å². The Kier molecular flexibility index (Phi) is 5.96. The Morgan fingerprint density at radius 3 is 2.44 bits per heavy atom. The predicted molar refractivity (Wildman–Crippen MR) is 32.4 cm³/mol. The number of amides is 1. The maximum absolute atomic E-state index is 10.1. The van der Waals surface area contributed by atoms with Crippen LogP contribution >= 0.6 is 0 Å². The third kappa shape index (κ3) is 5.77. The van der Waals surface area contributed by atoms with Crippen LogP contribution in [0.15, 0.2) is 11.0 Å². The summed E-state index contributed by atoms with van der Waals surface area (Å²) in [5.74, 6) is 0.204. The number of hydrogen-bond donors (Lipinski definition) is 1. The van der Waals surface area contributed by atoms with Gasteiger partial charge in [0.05, 0.1) is 0 Å². The van der Waals surface area contributed by atoms with Crippen LogP contribution in [0.2, 0.25) is 0 Å². The molecule has 1 heterocycles. The summed E-state index contributed by atoms with van der Waals surface area (Å²) >= 11 is 2.04. The van der Waals surface area contributed by atoms with E-state index < -0.39 is 0 Å². The Morgan fingerprint density at radius 1 is 1.78 bits per heavy atom. The molecule has 1 aliphatic rings. The van der Waals surface area contributed by atoms with Crippen molar-refractivity contribution in [1.29, 1.82) is 0 Å². The smallest absolute Gasteiger partial charge is 0.220 e. The van der Waals surface area contributed by atoms with Crippen molar-refractivity contribution in [2.75, 3.05) is 6.54 Å². The van der Waals surface area contributed by atoms with Crippen LogP contribution in [-0.4, -0.2) is 12.5 Å². The standard InChI is InChI=1S/C4H7NO.C2H3.Pt/c6-4-2-1-3-5-4;1-2;/h1-3H2,(H,5,6);1H,2H2;. The Morgan fingerprint density at radius 2 is 2.33 bits per heavy atom. The fraction of sp³-hybridized carbons (Fsp3) is 0.500. The second kappa shape index (κ2) is 6.02. The van der Waals surface area contributed by atoms with Crippen LogP contribution in [0, 0.1) is 0 Å². The molecule has 9 heavy (non-hydrogen) atoms. The van der Waals surface area contributed by atoms with E-state index in [1.54, 1.807) is 4.47 Å². The van der Waals surface area contributed by atoms with Crippen LogP contribution in [-0.2, 0) is 24.6 Å². The van der Waals surface area contributed by atoms with E-state index in [1.807, 2.05) is 19.8 Å². The summed E-state index contributed by atoms with van der Waals surface area (Å²) in [6.07, 6.45) is 1.76. The van der Waals surface area contributed by atoms with E-state index in [4.69, 9.17) is 0 Å². The molecule has 1 rings (SSSR count). The van der Waals surface area contributed by atoms with E-state index in [9.17, 15) is 4.79 Å². The van der Waals surface area contributed by atoms with Gasteiger partial charge in [-0.15, -0.1) is 0 Å². The van der Waals surface area contributed by atoms with Gasteiger partial charge in [-0.2, -0.15) is 0 Å². The zero-order chi connectivity index (χ0) is 7.11. The molecule has 0 atom stereocenters. The van der Waals surface area contributed by atoms with Gasteiger partial charge in [0, 0.05) is 13.0 Å². The number of rotatable bonds is 0. The summed E-state index contributed by atoms with van der Waals surface area (Å²) in [6, 6.07) is 0. The summed E-state index contributed by atoms with van der Waals surface area (Å²) in [5, 5.41) is 2.68. The van der Waals surface area contributed by atoms with Crippen LogP contribution < -0.4 is 5.32 Å². The molecule has 0 spiro atoms. The van der Waals surface area contributed by atoms with E-state index in [1.165, 1.54) is 0 Å². The molecule has 0 saturated carbocycles. The van der Waals surface area contributed by atoms with Gasteiger partial charge < -0.3 is 5.32 Å². The number of carbonyl (C=O) groups is 1. The molecule has 0 aromatic rings. The van der Waals surface area contributed by atoms with Crippen molar-refractivity contribution in [2.45, 2.75) is 12.8 Å². The molecule has 0 bridgehead atoms. The average Bonchev–Trinajstić information content (AvgIpc) is 2.20. The summed E-state index contributed by atoms with van der Waals surface area (Å²) in [7, 11) is 0. The molecule has 55 valence electrons. The topological polar surface area (TPSA) is 29.1 Å². The van der Waals surface area contributed by atoms with Gasteiger partial charge in [0.2, 0.25) is 5.91 Å². The Labute approximate surface area is 66.6 Å². The number of hydrogen-bond acceptors (Lipinski definition) is 1. The van der Waals surface area contributed by atoms with Gasteiger partial charge in [-0.3, -0.25) is 4.79 Å². The first-order valence-electron chi connectivity index (χ1n) is 2.75. The van der Waals surface area contributed by atoms with E-state index in [0.717, 1.165) is 19.4 Å². The van der Waals surface area contributed by atoms with E-state index >= 15 is 0 Å². The summed E-state index contributed by atoms with van der Waals surface area (Å²) in [5.41, 5.74) is 0. The molecule has 3 heteroatoms. The van der Waals surface area contributed by atoms with E-state index in [-0.39, 0.29) is 5.91 Å². The normalized spacial score (nSPS) is 15.6. The SMILES string of the molecule is C=[CH][Pt].O=C1CCCN1. The van der Waals surface area contributed by atoms with E-state index in [2.05, 4.69) is 11.9 Å². The van der Waals surface area contributed by atoms with Gasteiger partial charge >= 0.3 is 30.9 Å². The van der Waals surface area contributed by atoms with Gasteiger partial charge in [0.25, 0.3) is 0 Å². The molecule has 1 aliphatic heterocycles. The minimum Gasteiger partial charge on any atom is -0.356 e. The molecular weight excluding hydrogens is 297 g/mol. The third-order valence-electron chi connectivity index (χ3n) is 0.903.